The zero-order valence-electron chi connectivity index (χ0n) is 14.0. The van der Waals surface area contributed by atoms with Crippen LogP contribution in [0, 0.1) is 0 Å². The summed E-state index contributed by atoms with van der Waals surface area (Å²) in [5, 5.41) is 4.21. The van der Waals surface area contributed by atoms with Gasteiger partial charge < -0.3 is 9.80 Å². The number of carbonyl (C=O) groups is 1. The largest absolute Gasteiger partial charge is 0.365 e. The van der Waals surface area contributed by atoms with Gasteiger partial charge in [0.25, 0.3) is 5.56 Å². The molecule has 0 N–H and O–H groups in total. The van der Waals surface area contributed by atoms with Crippen LogP contribution < -0.4 is 10.5 Å². The molecule has 0 radical (unpaired) electrons. The number of nitrogens with zero attached hydrogens (tertiary/aromatic N) is 5. The molecule has 1 aliphatic rings. The van der Waals surface area contributed by atoms with E-state index in [4.69, 9.17) is 11.6 Å². The first-order valence-electron chi connectivity index (χ1n) is 7.94. The topological polar surface area (TPSA) is 61.7 Å². The highest BCUT2D eigenvalue weighted by Gasteiger charge is 2.24. The lowest BCUT2D eigenvalue weighted by Crippen LogP contribution is -2.51. The fourth-order valence-corrected chi connectivity index (χ4v) is 2.95. The Balaban J connectivity index is 1.98. The van der Waals surface area contributed by atoms with Crippen molar-refractivity contribution in [3.05, 3.63) is 21.6 Å². The number of amides is 1. The summed E-state index contributed by atoms with van der Waals surface area (Å²) in [6.45, 7) is 8.88. The molecule has 0 atom stereocenters. The summed E-state index contributed by atoms with van der Waals surface area (Å²) in [5.41, 5.74) is 0.342. The average molecular weight is 342 g/mol. The number of aryl methyl sites for hydroxylation is 1. The first-order valence-corrected chi connectivity index (χ1v) is 8.32. The molecule has 1 aliphatic heterocycles. The molecule has 0 bridgehead atoms. The van der Waals surface area contributed by atoms with Crippen LogP contribution >= 0.6 is 11.6 Å². The van der Waals surface area contributed by atoms with E-state index in [1.165, 1.54) is 4.68 Å². The molecule has 1 aromatic heterocycles. The summed E-state index contributed by atoms with van der Waals surface area (Å²) < 4.78 is 1.22. The summed E-state index contributed by atoms with van der Waals surface area (Å²) in [5.74, 6) is 0.154. The monoisotopic (exact) mass is 341 g/mol. The fourth-order valence-electron chi connectivity index (χ4n) is 2.66. The molecular formula is C15H24ClN5O2. The second-order valence-electron chi connectivity index (χ2n) is 5.60. The number of piperazine rings is 1. The Morgan fingerprint density at radius 2 is 1.87 bits per heavy atom. The van der Waals surface area contributed by atoms with Crippen LogP contribution in [0.1, 0.15) is 13.8 Å². The maximum absolute atomic E-state index is 12.3. The molecule has 0 spiro atoms. The molecule has 0 unspecified atom stereocenters. The average Bonchev–Trinajstić information content (AvgIpc) is 2.57. The molecule has 0 aromatic carbocycles. The van der Waals surface area contributed by atoms with Gasteiger partial charge in [-0.3, -0.25) is 14.5 Å². The minimum Gasteiger partial charge on any atom is -0.365 e. The van der Waals surface area contributed by atoms with Crippen LogP contribution in [-0.2, 0) is 11.8 Å². The van der Waals surface area contributed by atoms with E-state index in [-0.39, 0.29) is 16.5 Å². The Kier molecular flexibility index (Phi) is 6.01. The highest BCUT2D eigenvalue weighted by molar-refractivity contribution is 6.33. The molecule has 1 saturated heterocycles. The maximum atomic E-state index is 12.3. The second kappa shape index (κ2) is 7.79. The van der Waals surface area contributed by atoms with Crippen LogP contribution in [0.3, 0.4) is 0 Å². The number of likely N-dealkylation sites (N-methyl/N-ethyl adjacent to an activating group) is 1. The maximum Gasteiger partial charge on any atom is 0.287 e. The van der Waals surface area contributed by atoms with Gasteiger partial charge >= 0.3 is 0 Å². The Morgan fingerprint density at radius 3 is 2.43 bits per heavy atom. The lowest BCUT2D eigenvalue weighted by molar-refractivity contribution is -0.132. The lowest BCUT2D eigenvalue weighted by Gasteiger charge is -2.37. The Morgan fingerprint density at radius 1 is 1.26 bits per heavy atom. The van der Waals surface area contributed by atoms with E-state index >= 15 is 0 Å². The fraction of sp³-hybridized carbons (Fsp3) is 0.667. The number of hydrogen-bond acceptors (Lipinski definition) is 5. The minimum atomic E-state index is -0.302. The van der Waals surface area contributed by atoms with Gasteiger partial charge in [0, 0.05) is 33.2 Å². The molecule has 2 rings (SSSR count). The van der Waals surface area contributed by atoms with E-state index < -0.39 is 0 Å². The highest BCUT2D eigenvalue weighted by Crippen LogP contribution is 2.22. The summed E-state index contributed by atoms with van der Waals surface area (Å²) in [4.78, 5) is 30.2. The molecule has 23 heavy (non-hydrogen) atoms. The Labute approximate surface area is 141 Å². The molecular weight excluding hydrogens is 318 g/mol. The summed E-state index contributed by atoms with van der Waals surface area (Å²) >= 11 is 6.13. The van der Waals surface area contributed by atoms with Gasteiger partial charge in [0.1, 0.15) is 5.02 Å². The first kappa shape index (κ1) is 17.7. The van der Waals surface area contributed by atoms with Crippen LogP contribution in [0.5, 0.6) is 0 Å². The van der Waals surface area contributed by atoms with Crippen LogP contribution in [0.4, 0.5) is 5.69 Å². The predicted octanol–water partition coefficient (Wildman–Crippen LogP) is 0.424. The van der Waals surface area contributed by atoms with Gasteiger partial charge in [0.05, 0.1) is 18.4 Å². The number of aromatic nitrogens is 2. The second-order valence-corrected chi connectivity index (χ2v) is 5.98. The third-order valence-electron chi connectivity index (χ3n) is 4.29. The Bertz CT molecular complexity index is 606. The molecule has 7 nitrogen and oxygen atoms in total. The standard InChI is InChI=1S/C15H24ClN5O2/c1-4-19(5-2)11-13(22)21-8-6-20(7-9-21)12-10-17-18(3)15(23)14(12)16/h10H,4-9,11H2,1-3H3. The first-order chi connectivity index (χ1) is 11.0. The van der Waals surface area contributed by atoms with Gasteiger partial charge in [-0.05, 0) is 13.1 Å². The molecule has 8 heteroatoms. The van der Waals surface area contributed by atoms with Crippen molar-refractivity contribution in [1.82, 2.24) is 19.6 Å². The summed E-state index contributed by atoms with van der Waals surface area (Å²) in [7, 11) is 1.57. The molecule has 2 heterocycles. The number of anilines is 1. The Hall–Kier alpha value is -1.60. The van der Waals surface area contributed by atoms with Crippen LogP contribution in [0.2, 0.25) is 5.02 Å². The van der Waals surface area contributed by atoms with Gasteiger partial charge in [-0.15, -0.1) is 0 Å². The van der Waals surface area contributed by atoms with E-state index in [1.807, 2.05) is 9.80 Å². The minimum absolute atomic E-state index is 0.154. The van der Waals surface area contributed by atoms with Crippen LogP contribution in [0.25, 0.3) is 0 Å². The molecule has 0 aliphatic carbocycles. The van der Waals surface area contributed by atoms with Gasteiger partial charge in [0.2, 0.25) is 5.91 Å². The number of hydrogen-bond donors (Lipinski definition) is 0. The van der Waals surface area contributed by atoms with E-state index in [0.29, 0.717) is 38.4 Å². The third kappa shape index (κ3) is 4.03. The van der Waals surface area contributed by atoms with E-state index in [9.17, 15) is 9.59 Å². The summed E-state index contributed by atoms with van der Waals surface area (Å²) in [6.07, 6.45) is 1.61. The highest BCUT2D eigenvalue weighted by atomic mass is 35.5. The third-order valence-corrected chi connectivity index (χ3v) is 4.64. The van der Waals surface area contributed by atoms with Crippen molar-refractivity contribution in [2.45, 2.75) is 13.8 Å². The van der Waals surface area contributed by atoms with Crippen molar-refractivity contribution in [2.75, 3.05) is 50.7 Å². The molecule has 1 fully saturated rings. The van der Waals surface area contributed by atoms with Gasteiger partial charge in [-0.2, -0.15) is 5.10 Å². The number of rotatable bonds is 5. The number of halogens is 1. The quantitative estimate of drug-likeness (QED) is 0.777. The lowest BCUT2D eigenvalue weighted by atomic mass is 10.2. The zero-order valence-corrected chi connectivity index (χ0v) is 14.7. The predicted molar refractivity (Wildman–Crippen MR) is 91.1 cm³/mol. The van der Waals surface area contributed by atoms with Gasteiger partial charge in [-0.25, -0.2) is 4.68 Å². The van der Waals surface area contributed by atoms with Gasteiger partial charge in [0.15, 0.2) is 0 Å². The van der Waals surface area contributed by atoms with Crippen molar-refractivity contribution < 1.29 is 4.79 Å². The van der Waals surface area contributed by atoms with Crippen molar-refractivity contribution >= 4 is 23.2 Å². The normalized spacial score (nSPS) is 15.3. The van der Waals surface area contributed by atoms with Crippen molar-refractivity contribution in [3.8, 4) is 0 Å². The van der Waals surface area contributed by atoms with Crippen LogP contribution in [-0.4, -0.2) is 71.3 Å². The molecule has 1 aromatic rings. The molecule has 0 saturated carbocycles. The van der Waals surface area contributed by atoms with E-state index in [2.05, 4.69) is 23.8 Å². The number of carbonyl (C=O) groups excluding carboxylic acids is 1. The smallest absolute Gasteiger partial charge is 0.287 e. The van der Waals surface area contributed by atoms with Crippen LogP contribution in [0.15, 0.2) is 11.0 Å². The molecule has 128 valence electrons. The van der Waals surface area contributed by atoms with Crippen molar-refractivity contribution in [3.63, 3.8) is 0 Å². The van der Waals surface area contributed by atoms with E-state index in [1.54, 1.807) is 13.2 Å². The van der Waals surface area contributed by atoms with Crippen molar-refractivity contribution in [2.24, 2.45) is 7.05 Å². The van der Waals surface area contributed by atoms with E-state index in [0.717, 1.165) is 13.1 Å². The SMILES string of the molecule is CCN(CC)CC(=O)N1CCN(c2cnn(C)c(=O)c2Cl)CC1. The summed E-state index contributed by atoms with van der Waals surface area (Å²) in [6, 6.07) is 0. The zero-order chi connectivity index (χ0) is 17.0. The van der Waals surface area contributed by atoms with Gasteiger partial charge in [-0.1, -0.05) is 25.4 Å². The molecule has 1 amide bonds. The van der Waals surface area contributed by atoms with Crippen molar-refractivity contribution in [1.29, 1.82) is 0 Å².